The molecule has 0 fully saturated rings. The lowest BCUT2D eigenvalue weighted by Gasteiger charge is -2.15. The topological polar surface area (TPSA) is 62.3 Å². The Morgan fingerprint density at radius 2 is 2.16 bits per heavy atom. The molecule has 6 heteroatoms. The van der Waals surface area contributed by atoms with Crippen LogP contribution < -0.4 is 15.2 Å². The molecular weight excluding hydrogens is 310 g/mol. The smallest absolute Gasteiger partial charge is 0.170 e. The minimum absolute atomic E-state index is 0.542. The van der Waals surface area contributed by atoms with Gasteiger partial charge in [-0.15, -0.1) is 0 Å². The van der Waals surface area contributed by atoms with Gasteiger partial charge < -0.3 is 15.2 Å². The number of aryl methyl sites for hydroxylation is 1. The summed E-state index contributed by atoms with van der Waals surface area (Å²) in [5.74, 6) is 1.91. The molecule has 0 aliphatic rings. The monoisotopic (exact) mass is 325 g/mol. The summed E-state index contributed by atoms with van der Waals surface area (Å²) in [6.45, 7) is 2.47. The molecule has 0 atom stereocenters. The fourth-order valence-electron chi connectivity index (χ4n) is 1.88. The quantitative estimate of drug-likeness (QED) is 0.938. The van der Waals surface area contributed by atoms with E-state index in [1.54, 1.807) is 25.0 Å². The Hall–Kier alpha value is -1.69. The lowest BCUT2D eigenvalue weighted by atomic mass is 10.1. The van der Waals surface area contributed by atoms with Crippen molar-refractivity contribution in [2.75, 3.05) is 19.5 Å². The molecule has 0 saturated heterocycles. The number of methoxy groups -OCH3 is 1. The maximum Gasteiger partial charge on any atom is 0.170 e. The van der Waals surface area contributed by atoms with Crippen LogP contribution in [0.1, 0.15) is 6.92 Å². The van der Waals surface area contributed by atoms with Crippen molar-refractivity contribution >= 4 is 21.7 Å². The molecule has 102 valence electrons. The summed E-state index contributed by atoms with van der Waals surface area (Å²) >= 11 is 3.53. The molecule has 2 rings (SSSR count). The Morgan fingerprint density at radius 1 is 1.42 bits per heavy atom. The third kappa shape index (κ3) is 2.40. The predicted molar refractivity (Wildman–Crippen MR) is 78.5 cm³/mol. The van der Waals surface area contributed by atoms with Crippen LogP contribution in [0.2, 0.25) is 0 Å². The van der Waals surface area contributed by atoms with E-state index in [0.717, 1.165) is 15.6 Å². The zero-order chi connectivity index (χ0) is 14.0. The van der Waals surface area contributed by atoms with E-state index in [1.807, 2.05) is 19.1 Å². The van der Waals surface area contributed by atoms with Crippen molar-refractivity contribution in [3.05, 3.63) is 22.8 Å². The molecule has 0 aliphatic heterocycles. The van der Waals surface area contributed by atoms with Crippen molar-refractivity contribution in [1.82, 2.24) is 9.78 Å². The molecule has 0 aliphatic carbocycles. The molecule has 1 aromatic carbocycles. The van der Waals surface area contributed by atoms with Gasteiger partial charge in [-0.2, -0.15) is 5.10 Å². The second-order valence-electron chi connectivity index (χ2n) is 3.95. The van der Waals surface area contributed by atoms with E-state index in [0.29, 0.717) is 23.9 Å². The average molecular weight is 326 g/mol. The highest BCUT2D eigenvalue weighted by Crippen LogP contribution is 2.44. The first-order valence-electron chi connectivity index (χ1n) is 5.87. The van der Waals surface area contributed by atoms with E-state index in [-0.39, 0.29) is 0 Å². The Bertz CT molecular complexity index is 596. The highest BCUT2D eigenvalue weighted by atomic mass is 79.9. The Balaban J connectivity index is 2.70. The second kappa shape index (κ2) is 5.52. The van der Waals surface area contributed by atoms with E-state index >= 15 is 0 Å². The molecule has 2 aromatic rings. The van der Waals surface area contributed by atoms with Crippen LogP contribution in [0.3, 0.4) is 0 Å². The van der Waals surface area contributed by atoms with Crippen LogP contribution in [0.4, 0.5) is 5.82 Å². The maximum absolute atomic E-state index is 6.04. The molecular formula is C13H16BrN3O2. The fourth-order valence-corrected chi connectivity index (χ4v) is 2.40. The molecule has 5 nitrogen and oxygen atoms in total. The normalized spacial score (nSPS) is 10.5. The highest BCUT2D eigenvalue weighted by molar-refractivity contribution is 9.10. The molecule has 0 saturated carbocycles. The summed E-state index contributed by atoms with van der Waals surface area (Å²) in [5, 5.41) is 4.16. The zero-order valence-electron chi connectivity index (χ0n) is 11.1. The van der Waals surface area contributed by atoms with Gasteiger partial charge in [0.1, 0.15) is 5.82 Å². The molecule has 2 N–H and O–H groups in total. The van der Waals surface area contributed by atoms with Gasteiger partial charge in [-0.25, -0.2) is 0 Å². The first kappa shape index (κ1) is 13.7. The van der Waals surface area contributed by atoms with Crippen molar-refractivity contribution in [3.63, 3.8) is 0 Å². The maximum atomic E-state index is 6.04. The first-order valence-corrected chi connectivity index (χ1v) is 6.66. The van der Waals surface area contributed by atoms with E-state index in [4.69, 9.17) is 15.2 Å². The number of benzene rings is 1. The summed E-state index contributed by atoms with van der Waals surface area (Å²) in [6, 6.07) is 3.76. The number of ether oxygens (including phenoxy) is 2. The number of anilines is 1. The van der Waals surface area contributed by atoms with Crippen molar-refractivity contribution in [3.8, 4) is 22.6 Å². The third-order valence-electron chi connectivity index (χ3n) is 2.83. The number of halogens is 1. The number of nitrogens with zero attached hydrogens (tertiary/aromatic N) is 2. The van der Waals surface area contributed by atoms with Crippen LogP contribution >= 0.6 is 15.9 Å². The summed E-state index contributed by atoms with van der Waals surface area (Å²) in [4.78, 5) is 0. The second-order valence-corrected chi connectivity index (χ2v) is 4.81. The lowest BCUT2D eigenvalue weighted by Crippen LogP contribution is -2.01. The summed E-state index contributed by atoms with van der Waals surface area (Å²) in [7, 11) is 3.41. The van der Waals surface area contributed by atoms with E-state index < -0.39 is 0 Å². The number of hydrogen-bond donors (Lipinski definition) is 1. The van der Waals surface area contributed by atoms with Crippen LogP contribution in [0, 0.1) is 0 Å². The SMILES string of the molecule is CCOc1c(OC)ccc(Br)c1-c1cnn(C)c1N. The Morgan fingerprint density at radius 3 is 2.68 bits per heavy atom. The standard InChI is InChI=1S/C13H16BrN3O2/c1-4-19-12-10(18-3)6-5-9(14)11(12)8-7-16-17(2)13(8)15/h5-7H,4,15H2,1-3H3. The minimum Gasteiger partial charge on any atom is -0.493 e. The van der Waals surface area contributed by atoms with Crippen molar-refractivity contribution in [1.29, 1.82) is 0 Å². The first-order chi connectivity index (χ1) is 9.10. The molecule has 1 heterocycles. The predicted octanol–water partition coefficient (Wildman–Crippen LogP) is 2.84. The molecule has 0 amide bonds. The van der Waals surface area contributed by atoms with Crippen LogP contribution in [0.15, 0.2) is 22.8 Å². The van der Waals surface area contributed by atoms with Crippen LogP contribution in [-0.2, 0) is 7.05 Å². The molecule has 19 heavy (non-hydrogen) atoms. The van der Waals surface area contributed by atoms with E-state index in [2.05, 4.69) is 21.0 Å². The van der Waals surface area contributed by atoms with Crippen LogP contribution in [-0.4, -0.2) is 23.5 Å². The number of nitrogens with two attached hydrogens (primary N) is 1. The van der Waals surface area contributed by atoms with Gasteiger partial charge in [-0.3, -0.25) is 4.68 Å². The van der Waals surface area contributed by atoms with Gasteiger partial charge in [0.25, 0.3) is 0 Å². The van der Waals surface area contributed by atoms with Crippen molar-refractivity contribution < 1.29 is 9.47 Å². The fraction of sp³-hybridized carbons (Fsp3) is 0.308. The highest BCUT2D eigenvalue weighted by Gasteiger charge is 2.19. The van der Waals surface area contributed by atoms with Gasteiger partial charge in [0.2, 0.25) is 0 Å². The molecule has 0 unspecified atom stereocenters. The summed E-state index contributed by atoms with van der Waals surface area (Å²) in [5.41, 5.74) is 7.71. The van der Waals surface area contributed by atoms with Gasteiger partial charge >= 0.3 is 0 Å². The van der Waals surface area contributed by atoms with E-state index in [9.17, 15) is 0 Å². The van der Waals surface area contributed by atoms with Crippen molar-refractivity contribution in [2.24, 2.45) is 7.05 Å². The number of nitrogen functional groups attached to an aromatic ring is 1. The van der Waals surface area contributed by atoms with Crippen LogP contribution in [0.5, 0.6) is 11.5 Å². The van der Waals surface area contributed by atoms with E-state index in [1.165, 1.54) is 0 Å². The zero-order valence-corrected chi connectivity index (χ0v) is 12.7. The number of hydrogen-bond acceptors (Lipinski definition) is 4. The average Bonchev–Trinajstić information content (AvgIpc) is 2.72. The third-order valence-corrected chi connectivity index (χ3v) is 3.49. The largest absolute Gasteiger partial charge is 0.493 e. The Kier molecular flexibility index (Phi) is 3.99. The van der Waals surface area contributed by atoms with Gasteiger partial charge in [-0.1, -0.05) is 15.9 Å². The molecule has 0 radical (unpaired) electrons. The van der Waals surface area contributed by atoms with Gasteiger partial charge in [-0.05, 0) is 19.1 Å². The molecule has 0 spiro atoms. The number of rotatable bonds is 4. The summed E-state index contributed by atoms with van der Waals surface area (Å²) in [6.07, 6.45) is 1.72. The van der Waals surface area contributed by atoms with Crippen molar-refractivity contribution in [2.45, 2.75) is 6.92 Å². The summed E-state index contributed by atoms with van der Waals surface area (Å²) < 4.78 is 13.6. The van der Waals surface area contributed by atoms with Gasteiger partial charge in [0.05, 0.1) is 19.9 Å². The Labute approximate surface area is 120 Å². The minimum atomic E-state index is 0.542. The molecule has 1 aromatic heterocycles. The van der Waals surface area contributed by atoms with Gasteiger partial charge in [0, 0.05) is 22.6 Å². The molecule has 0 bridgehead atoms. The van der Waals surface area contributed by atoms with Gasteiger partial charge in [0.15, 0.2) is 11.5 Å². The number of aromatic nitrogens is 2. The lowest BCUT2D eigenvalue weighted by molar-refractivity contribution is 0.312. The van der Waals surface area contributed by atoms with Crippen LogP contribution in [0.25, 0.3) is 11.1 Å².